The molecule has 2 aromatic rings. The van der Waals surface area contributed by atoms with Gasteiger partial charge in [0.25, 0.3) is 11.6 Å². The first-order valence-corrected chi connectivity index (χ1v) is 8.74. The van der Waals surface area contributed by atoms with Crippen LogP contribution >= 0.6 is 0 Å². The molecule has 7 heteroatoms. The Hall–Kier alpha value is -3.22. The zero-order valence-corrected chi connectivity index (χ0v) is 15.2. The Morgan fingerprint density at radius 3 is 2.63 bits per heavy atom. The number of ether oxygens (including phenoxy) is 1. The number of aryl methyl sites for hydroxylation is 1. The Bertz CT molecular complexity index is 909. The van der Waals surface area contributed by atoms with Crippen molar-refractivity contribution in [2.45, 2.75) is 25.8 Å². The third-order valence-corrected chi connectivity index (χ3v) is 4.78. The van der Waals surface area contributed by atoms with Crippen LogP contribution < -0.4 is 0 Å². The maximum absolute atomic E-state index is 13.0. The van der Waals surface area contributed by atoms with E-state index in [0.717, 1.165) is 24.5 Å². The molecule has 1 aliphatic rings. The van der Waals surface area contributed by atoms with Crippen LogP contribution in [0.3, 0.4) is 0 Å². The number of esters is 1. The fourth-order valence-corrected chi connectivity index (χ4v) is 3.45. The maximum Gasteiger partial charge on any atom is 0.338 e. The molecule has 0 heterocycles. The summed E-state index contributed by atoms with van der Waals surface area (Å²) < 4.78 is 4.92. The molecule has 7 nitrogen and oxygen atoms in total. The maximum atomic E-state index is 13.0. The predicted molar refractivity (Wildman–Crippen MR) is 98.7 cm³/mol. The van der Waals surface area contributed by atoms with E-state index in [1.165, 1.54) is 17.7 Å². The molecule has 1 amide bonds. The molecule has 0 saturated carbocycles. The molecule has 0 spiro atoms. The first kappa shape index (κ1) is 18.6. The summed E-state index contributed by atoms with van der Waals surface area (Å²) in [5.41, 5.74) is 2.07. The predicted octanol–water partition coefficient (Wildman–Crippen LogP) is 3.53. The fourth-order valence-electron chi connectivity index (χ4n) is 3.45. The molecule has 0 N–H and O–H groups in total. The molecule has 0 aromatic heterocycles. The van der Waals surface area contributed by atoms with Gasteiger partial charge in [0.05, 0.1) is 23.1 Å². The van der Waals surface area contributed by atoms with Gasteiger partial charge in [0.15, 0.2) is 0 Å². The second-order valence-corrected chi connectivity index (χ2v) is 6.42. The standard InChI is InChI=1S/C20H20N2O5/c1-3-27-20(24)15-10-14(11-16(12-15)22(25)26)19(23)21(2)18-9-8-13-6-4-5-7-17(13)18/h4-7,10-12,18H,3,8-9H2,1-2H3. The lowest BCUT2D eigenvalue weighted by Gasteiger charge is -2.25. The quantitative estimate of drug-likeness (QED) is 0.457. The smallest absolute Gasteiger partial charge is 0.338 e. The van der Waals surface area contributed by atoms with Gasteiger partial charge in [-0.3, -0.25) is 14.9 Å². The second kappa shape index (κ2) is 7.57. The van der Waals surface area contributed by atoms with Crippen molar-refractivity contribution >= 4 is 17.6 Å². The van der Waals surface area contributed by atoms with Crippen LogP contribution in [0.2, 0.25) is 0 Å². The summed E-state index contributed by atoms with van der Waals surface area (Å²) in [5, 5.41) is 11.2. The Labute approximate surface area is 156 Å². The summed E-state index contributed by atoms with van der Waals surface area (Å²) in [6.07, 6.45) is 1.67. The van der Waals surface area contributed by atoms with Crippen LogP contribution in [-0.4, -0.2) is 35.4 Å². The number of amides is 1. The molecule has 0 bridgehead atoms. The van der Waals surface area contributed by atoms with Gasteiger partial charge in [-0.05, 0) is 37.0 Å². The van der Waals surface area contributed by atoms with Gasteiger partial charge in [-0.25, -0.2) is 4.79 Å². The Balaban J connectivity index is 1.94. The van der Waals surface area contributed by atoms with E-state index < -0.39 is 10.9 Å². The summed E-state index contributed by atoms with van der Waals surface area (Å²) in [6.45, 7) is 1.79. The van der Waals surface area contributed by atoms with Crippen LogP contribution in [0.1, 0.15) is 51.2 Å². The lowest BCUT2D eigenvalue weighted by Crippen LogP contribution is -2.30. The van der Waals surface area contributed by atoms with Crippen LogP contribution in [0.4, 0.5) is 5.69 Å². The Morgan fingerprint density at radius 1 is 1.22 bits per heavy atom. The molecular weight excluding hydrogens is 348 g/mol. The highest BCUT2D eigenvalue weighted by molar-refractivity contribution is 5.99. The van der Waals surface area contributed by atoms with Gasteiger partial charge >= 0.3 is 5.97 Å². The van der Waals surface area contributed by atoms with Crippen LogP contribution in [0.5, 0.6) is 0 Å². The largest absolute Gasteiger partial charge is 0.462 e. The SMILES string of the molecule is CCOC(=O)c1cc(C(=O)N(C)C2CCc3ccccc32)cc([N+](=O)[O-])c1. The molecule has 1 aliphatic carbocycles. The number of non-ortho nitro benzene ring substituents is 1. The Morgan fingerprint density at radius 2 is 1.93 bits per heavy atom. The molecule has 0 fully saturated rings. The average molecular weight is 368 g/mol. The molecule has 1 unspecified atom stereocenters. The summed E-state index contributed by atoms with van der Waals surface area (Å²) in [4.78, 5) is 37.2. The van der Waals surface area contributed by atoms with Crippen LogP contribution in [-0.2, 0) is 11.2 Å². The highest BCUT2D eigenvalue weighted by Crippen LogP contribution is 2.35. The normalized spacial score (nSPS) is 15.1. The lowest BCUT2D eigenvalue weighted by molar-refractivity contribution is -0.384. The van der Waals surface area contributed by atoms with Crippen LogP contribution in [0, 0.1) is 10.1 Å². The van der Waals surface area contributed by atoms with Gasteiger partial charge in [-0.1, -0.05) is 24.3 Å². The fraction of sp³-hybridized carbons (Fsp3) is 0.300. The first-order chi connectivity index (χ1) is 12.9. The molecule has 0 aliphatic heterocycles. The van der Waals surface area contributed by atoms with Crippen molar-refractivity contribution in [3.05, 3.63) is 74.8 Å². The third kappa shape index (κ3) is 3.67. The molecule has 0 radical (unpaired) electrons. The summed E-state index contributed by atoms with van der Waals surface area (Å²) in [6, 6.07) is 11.5. The van der Waals surface area contributed by atoms with Crippen molar-refractivity contribution in [3.63, 3.8) is 0 Å². The number of nitrogens with zero attached hydrogens (tertiary/aromatic N) is 2. The van der Waals surface area contributed by atoms with Crippen LogP contribution in [0.15, 0.2) is 42.5 Å². The molecule has 0 saturated heterocycles. The van der Waals surface area contributed by atoms with E-state index in [-0.39, 0.29) is 35.4 Å². The monoisotopic (exact) mass is 368 g/mol. The Kier molecular flexibility index (Phi) is 5.21. The zero-order valence-electron chi connectivity index (χ0n) is 15.2. The molecule has 140 valence electrons. The van der Waals surface area contributed by atoms with Crippen LogP contribution in [0.25, 0.3) is 0 Å². The van der Waals surface area contributed by atoms with Crippen molar-refractivity contribution in [1.82, 2.24) is 4.90 Å². The topological polar surface area (TPSA) is 89.8 Å². The molecule has 1 atom stereocenters. The summed E-state index contributed by atoms with van der Waals surface area (Å²) in [5.74, 6) is -1.06. The number of fused-ring (bicyclic) bond motifs is 1. The minimum atomic E-state index is -0.691. The van der Waals surface area contributed by atoms with Gasteiger partial charge in [-0.2, -0.15) is 0 Å². The van der Waals surface area contributed by atoms with Gasteiger partial charge in [-0.15, -0.1) is 0 Å². The van der Waals surface area contributed by atoms with Crippen molar-refractivity contribution in [1.29, 1.82) is 0 Å². The highest BCUT2D eigenvalue weighted by atomic mass is 16.6. The first-order valence-electron chi connectivity index (χ1n) is 8.74. The number of nitro benzene ring substituents is 1. The highest BCUT2D eigenvalue weighted by Gasteiger charge is 2.30. The van der Waals surface area contributed by atoms with E-state index >= 15 is 0 Å². The van der Waals surface area contributed by atoms with Gasteiger partial charge in [0.2, 0.25) is 0 Å². The van der Waals surface area contributed by atoms with E-state index in [4.69, 9.17) is 4.74 Å². The van der Waals surface area contributed by atoms with Gasteiger partial charge in [0, 0.05) is 24.7 Å². The molecule has 27 heavy (non-hydrogen) atoms. The molecular formula is C20H20N2O5. The summed E-state index contributed by atoms with van der Waals surface area (Å²) >= 11 is 0. The average Bonchev–Trinajstić information content (AvgIpc) is 3.10. The van der Waals surface area contributed by atoms with Crippen molar-refractivity contribution in [2.75, 3.05) is 13.7 Å². The van der Waals surface area contributed by atoms with Gasteiger partial charge < -0.3 is 9.64 Å². The number of hydrogen-bond donors (Lipinski definition) is 0. The number of nitro groups is 1. The van der Waals surface area contributed by atoms with E-state index in [0.29, 0.717) is 0 Å². The minimum absolute atomic E-state index is 0.00498. The number of benzene rings is 2. The number of carbonyl (C=O) groups excluding carboxylic acids is 2. The molecule has 2 aromatic carbocycles. The van der Waals surface area contributed by atoms with Gasteiger partial charge in [0.1, 0.15) is 0 Å². The second-order valence-electron chi connectivity index (χ2n) is 6.42. The van der Waals surface area contributed by atoms with E-state index in [1.54, 1.807) is 18.9 Å². The summed E-state index contributed by atoms with van der Waals surface area (Å²) in [7, 11) is 1.68. The van der Waals surface area contributed by atoms with Crippen molar-refractivity contribution in [3.8, 4) is 0 Å². The zero-order chi connectivity index (χ0) is 19.6. The van der Waals surface area contributed by atoms with E-state index in [2.05, 4.69) is 0 Å². The number of hydrogen-bond acceptors (Lipinski definition) is 5. The van der Waals surface area contributed by atoms with E-state index in [1.807, 2.05) is 24.3 Å². The van der Waals surface area contributed by atoms with E-state index in [9.17, 15) is 19.7 Å². The minimum Gasteiger partial charge on any atom is -0.462 e. The lowest BCUT2D eigenvalue weighted by atomic mass is 10.0. The van der Waals surface area contributed by atoms with Crippen molar-refractivity contribution in [2.24, 2.45) is 0 Å². The number of rotatable bonds is 5. The van der Waals surface area contributed by atoms with Crippen molar-refractivity contribution < 1.29 is 19.2 Å². The molecule has 3 rings (SSSR count). The third-order valence-electron chi connectivity index (χ3n) is 4.78. The number of carbonyl (C=O) groups is 2.